The molecule has 2 rings (SSSR count). The van der Waals surface area contributed by atoms with Gasteiger partial charge in [0.25, 0.3) is 0 Å². The Labute approximate surface area is 133 Å². The average Bonchev–Trinajstić information content (AvgIpc) is 2.58. The van der Waals surface area contributed by atoms with E-state index >= 15 is 0 Å². The predicted molar refractivity (Wildman–Crippen MR) is 91.0 cm³/mol. The summed E-state index contributed by atoms with van der Waals surface area (Å²) >= 11 is 0. The number of carbonyl (C=O) groups excluding carboxylic acids is 1. The molecule has 116 valence electrons. The summed E-state index contributed by atoms with van der Waals surface area (Å²) in [5.41, 5.74) is 3.77. The molecule has 1 atom stereocenters. The van der Waals surface area contributed by atoms with E-state index in [0.29, 0.717) is 12.3 Å². The third-order valence-corrected chi connectivity index (χ3v) is 4.08. The van der Waals surface area contributed by atoms with Crippen molar-refractivity contribution in [1.29, 1.82) is 0 Å². The minimum atomic E-state index is 0.415. The molecule has 1 heterocycles. The average molecular weight is 295 g/mol. The van der Waals surface area contributed by atoms with Crippen molar-refractivity contribution in [2.24, 2.45) is 0 Å². The van der Waals surface area contributed by atoms with E-state index in [1.807, 2.05) is 12.3 Å². The summed E-state index contributed by atoms with van der Waals surface area (Å²) in [6, 6.07) is 14.9. The molecule has 22 heavy (non-hydrogen) atoms. The lowest BCUT2D eigenvalue weighted by Crippen LogP contribution is -2.03. The first kappa shape index (κ1) is 16.4. The highest BCUT2D eigenvalue weighted by molar-refractivity contribution is 5.49. The van der Waals surface area contributed by atoms with Gasteiger partial charge in [-0.05, 0) is 42.9 Å². The Morgan fingerprint density at radius 1 is 1.00 bits per heavy atom. The van der Waals surface area contributed by atoms with Gasteiger partial charge in [-0.25, -0.2) is 0 Å². The molecule has 0 amide bonds. The monoisotopic (exact) mass is 295 g/mol. The third-order valence-electron chi connectivity index (χ3n) is 4.08. The molecule has 2 heteroatoms. The van der Waals surface area contributed by atoms with Gasteiger partial charge in [0.1, 0.15) is 6.29 Å². The predicted octanol–water partition coefficient (Wildman–Crippen LogP) is 4.73. The standard InChI is InChI=1S/C20H25NO/c1-2-7-19(10-6-15-22)20-14-13-18(16-21-20)12-11-17-8-4-3-5-9-17/h3-5,8-9,13-16,19H,2,6-7,10-12H2,1H3. The van der Waals surface area contributed by atoms with Crippen molar-refractivity contribution in [3.63, 3.8) is 0 Å². The first-order valence-corrected chi connectivity index (χ1v) is 8.26. The van der Waals surface area contributed by atoms with Crippen LogP contribution in [0.5, 0.6) is 0 Å². The summed E-state index contributed by atoms with van der Waals surface area (Å²) < 4.78 is 0. The van der Waals surface area contributed by atoms with Crippen LogP contribution in [0.1, 0.15) is 55.3 Å². The Morgan fingerprint density at radius 3 is 2.41 bits per heavy atom. The van der Waals surface area contributed by atoms with E-state index in [-0.39, 0.29) is 0 Å². The van der Waals surface area contributed by atoms with Gasteiger partial charge in [0.15, 0.2) is 0 Å². The summed E-state index contributed by atoms with van der Waals surface area (Å²) in [5, 5.41) is 0. The number of rotatable bonds is 9. The van der Waals surface area contributed by atoms with Crippen molar-refractivity contribution in [2.45, 2.75) is 51.4 Å². The number of aromatic nitrogens is 1. The zero-order valence-corrected chi connectivity index (χ0v) is 13.4. The highest BCUT2D eigenvalue weighted by atomic mass is 16.1. The van der Waals surface area contributed by atoms with Gasteiger partial charge in [-0.15, -0.1) is 0 Å². The van der Waals surface area contributed by atoms with Crippen LogP contribution in [0.25, 0.3) is 0 Å². The van der Waals surface area contributed by atoms with Gasteiger partial charge in [-0.2, -0.15) is 0 Å². The van der Waals surface area contributed by atoms with Crippen LogP contribution in [0.2, 0.25) is 0 Å². The highest BCUT2D eigenvalue weighted by Gasteiger charge is 2.11. The number of hydrogen-bond acceptors (Lipinski definition) is 2. The number of pyridine rings is 1. The number of carbonyl (C=O) groups is 1. The summed E-state index contributed by atoms with van der Waals surface area (Å²) in [6.45, 7) is 2.18. The van der Waals surface area contributed by atoms with Gasteiger partial charge in [0, 0.05) is 24.2 Å². The van der Waals surface area contributed by atoms with E-state index < -0.39 is 0 Å². The van der Waals surface area contributed by atoms with E-state index in [4.69, 9.17) is 0 Å². The summed E-state index contributed by atoms with van der Waals surface area (Å²) in [4.78, 5) is 15.2. The topological polar surface area (TPSA) is 30.0 Å². The van der Waals surface area contributed by atoms with E-state index in [1.54, 1.807) is 0 Å². The van der Waals surface area contributed by atoms with Crippen molar-refractivity contribution in [1.82, 2.24) is 4.98 Å². The Kier molecular flexibility index (Phi) is 6.82. The molecule has 0 N–H and O–H groups in total. The minimum absolute atomic E-state index is 0.415. The number of aryl methyl sites for hydroxylation is 2. The molecule has 2 aromatic rings. The first-order valence-electron chi connectivity index (χ1n) is 8.26. The second-order valence-electron chi connectivity index (χ2n) is 5.81. The fourth-order valence-corrected chi connectivity index (χ4v) is 2.82. The highest BCUT2D eigenvalue weighted by Crippen LogP contribution is 2.24. The number of benzene rings is 1. The fraction of sp³-hybridized carbons (Fsp3) is 0.400. The van der Waals surface area contributed by atoms with Crippen LogP contribution >= 0.6 is 0 Å². The van der Waals surface area contributed by atoms with Crippen molar-refractivity contribution in [2.75, 3.05) is 0 Å². The van der Waals surface area contributed by atoms with Crippen molar-refractivity contribution >= 4 is 6.29 Å². The smallest absolute Gasteiger partial charge is 0.120 e. The van der Waals surface area contributed by atoms with Gasteiger partial charge < -0.3 is 4.79 Å². The molecule has 0 aliphatic carbocycles. The lowest BCUT2D eigenvalue weighted by Gasteiger charge is -2.14. The van der Waals surface area contributed by atoms with Gasteiger partial charge in [-0.3, -0.25) is 4.98 Å². The maximum Gasteiger partial charge on any atom is 0.120 e. The molecule has 0 aliphatic rings. The van der Waals surface area contributed by atoms with Gasteiger partial charge in [0.05, 0.1) is 0 Å². The number of hydrogen-bond donors (Lipinski definition) is 0. The zero-order valence-electron chi connectivity index (χ0n) is 13.4. The summed E-state index contributed by atoms with van der Waals surface area (Å²) in [7, 11) is 0. The molecule has 0 bridgehead atoms. The lowest BCUT2D eigenvalue weighted by molar-refractivity contribution is -0.108. The lowest BCUT2D eigenvalue weighted by atomic mass is 9.93. The van der Waals surface area contributed by atoms with Gasteiger partial charge >= 0.3 is 0 Å². The molecule has 0 aliphatic heterocycles. The Balaban J connectivity index is 1.94. The quantitative estimate of drug-likeness (QED) is 0.626. The van der Waals surface area contributed by atoms with Crippen molar-refractivity contribution < 1.29 is 4.79 Å². The molecular formula is C20H25NO. The molecular weight excluding hydrogens is 270 g/mol. The molecule has 0 saturated carbocycles. The zero-order chi connectivity index (χ0) is 15.6. The van der Waals surface area contributed by atoms with Crippen LogP contribution in [0, 0.1) is 0 Å². The molecule has 0 radical (unpaired) electrons. The van der Waals surface area contributed by atoms with E-state index in [0.717, 1.165) is 44.1 Å². The maximum atomic E-state index is 10.6. The van der Waals surface area contributed by atoms with Crippen LogP contribution in [0.15, 0.2) is 48.7 Å². The molecule has 1 unspecified atom stereocenters. The second kappa shape index (κ2) is 9.14. The second-order valence-corrected chi connectivity index (χ2v) is 5.81. The van der Waals surface area contributed by atoms with E-state index in [9.17, 15) is 4.79 Å². The normalized spacial score (nSPS) is 12.0. The number of nitrogens with zero attached hydrogens (tertiary/aromatic N) is 1. The summed E-state index contributed by atoms with van der Waals surface area (Å²) in [5.74, 6) is 0.415. The van der Waals surface area contributed by atoms with Crippen LogP contribution < -0.4 is 0 Å². The Hall–Kier alpha value is -1.96. The third kappa shape index (κ3) is 5.10. The van der Waals surface area contributed by atoms with Crippen LogP contribution in [-0.4, -0.2) is 11.3 Å². The van der Waals surface area contributed by atoms with Gasteiger partial charge in [0.2, 0.25) is 0 Å². The molecule has 1 aromatic carbocycles. The summed E-state index contributed by atoms with van der Waals surface area (Å²) in [6.07, 6.45) is 8.84. The minimum Gasteiger partial charge on any atom is -0.303 e. The van der Waals surface area contributed by atoms with Crippen LogP contribution in [0.3, 0.4) is 0 Å². The largest absolute Gasteiger partial charge is 0.303 e. The van der Waals surface area contributed by atoms with E-state index in [1.165, 1.54) is 11.1 Å². The maximum absolute atomic E-state index is 10.6. The Morgan fingerprint density at radius 2 is 1.77 bits per heavy atom. The SMILES string of the molecule is CCCC(CCC=O)c1ccc(CCc2ccccc2)cn1. The molecule has 0 spiro atoms. The van der Waals surface area contributed by atoms with Crippen molar-refractivity contribution in [3.8, 4) is 0 Å². The Bertz CT molecular complexity index is 548. The molecule has 0 saturated heterocycles. The van der Waals surface area contributed by atoms with Crippen LogP contribution in [0.4, 0.5) is 0 Å². The fourth-order valence-electron chi connectivity index (χ4n) is 2.82. The number of aldehydes is 1. The van der Waals surface area contributed by atoms with Gasteiger partial charge in [-0.1, -0.05) is 49.7 Å². The first-order chi connectivity index (χ1) is 10.8. The molecule has 1 aromatic heterocycles. The van der Waals surface area contributed by atoms with E-state index in [2.05, 4.69) is 48.3 Å². The molecule has 0 fully saturated rings. The van der Waals surface area contributed by atoms with Crippen LogP contribution in [-0.2, 0) is 17.6 Å². The van der Waals surface area contributed by atoms with Crippen molar-refractivity contribution in [3.05, 3.63) is 65.5 Å². The molecule has 2 nitrogen and oxygen atoms in total.